The molecule has 188 valence electrons. The predicted octanol–water partition coefficient (Wildman–Crippen LogP) is 8.95. The fraction of sp³-hybridized carbons (Fsp3) is 0.667. The molecule has 1 fully saturated rings. The minimum absolute atomic E-state index is 0.304. The van der Waals surface area contributed by atoms with E-state index in [0.29, 0.717) is 23.6 Å². The highest BCUT2D eigenvalue weighted by molar-refractivity contribution is 5.60. The molecule has 0 aliphatic heterocycles. The Balaban J connectivity index is 1.41. The molecule has 1 aromatic carbocycles. The number of benzene rings is 1. The number of hydrogen-bond acceptors (Lipinski definition) is 3. The largest absolute Gasteiger partial charge is 0.493 e. The molecule has 4 heteroatoms. The van der Waals surface area contributed by atoms with Gasteiger partial charge in [0.1, 0.15) is 11.6 Å². The number of nitrogens with zero attached hydrogens (tertiary/aromatic N) is 2. The highest BCUT2D eigenvalue weighted by Gasteiger charge is 2.21. The van der Waals surface area contributed by atoms with Crippen molar-refractivity contribution in [3.05, 3.63) is 41.8 Å². The van der Waals surface area contributed by atoms with Crippen LogP contribution in [-0.4, -0.2) is 16.8 Å². The fourth-order valence-electron chi connectivity index (χ4n) is 5.17. The first-order valence-electron chi connectivity index (χ1n) is 13.9. The topological polar surface area (TPSA) is 35.0 Å². The highest BCUT2D eigenvalue weighted by Crippen LogP contribution is 2.34. The summed E-state index contributed by atoms with van der Waals surface area (Å²) in [5, 5.41) is 8.74. The number of ether oxygens (including phenoxy) is 1. The monoisotopic (exact) mass is 468 g/mol. The Morgan fingerprint density at radius 2 is 1.50 bits per heavy atom. The normalized spacial score (nSPS) is 18.2. The van der Waals surface area contributed by atoms with Gasteiger partial charge in [-0.05, 0) is 55.4 Å². The second-order valence-corrected chi connectivity index (χ2v) is 10.2. The third-order valence-electron chi connectivity index (χ3n) is 7.44. The van der Waals surface area contributed by atoms with E-state index in [-0.39, 0.29) is 5.82 Å². The Labute approximate surface area is 206 Å². The van der Waals surface area contributed by atoms with Crippen molar-refractivity contribution in [3.63, 3.8) is 0 Å². The summed E-state index contributed by atoms with van der Waals surface area (Å²) >= 11 is 0. The SMILES string of the molecule is CCCCCCCOc1ccc(-c2ccc(CCC3CCC(CCCCC)CC3)nn2)c(F)c1. The molecule has 1 saturated carbocycles. The average molecular weight is 469 g/mol. The van der Waals surface area contributed by atoms with Crippen molar-refractivity contribution in [2.24, 2.45) is 11.8 Å². The summed E-state index contributed by atoms with van der Waals surface area (Å²) in [6.45, 7) is 5.13. The number of rotatable bonds is 15. The number of hydrogen-bond donors (Lipinski definition) is 0. The van der Waals surface area contributed by atoms with Crippen LogP contribution in [0.1, 0.15) is 109 Å². The Bertz CT molecular complexity index is 815. The van der Waals surface area contributed by atoms with Crippen molar-refractivity contribution in [2.45, 2.75) is 110 Å². The van der Waals surface area contributed by atoms with E-state index in [1.54, 1.807) is 6.07 Å². The standard InChI is InChI=1S/C30H45FN2O/c1-3-5-7-8-10-22-34-27-19-20-28(29(31)23-27)30-21-18-26(32-33-30)17-16-25-14-12-24(13-15-25)11-9-6-4-2/h18-21,23-25H,3-17,22H2,1-2H3. The molecular formula is C30H45FN2O. The summed E-state index contributed by atoms with van der Waals surface area (Å²) in [6, 6.07) is 8.97. The van der Waals surface area contributed by atoms with Gasteiger partial charge in [0.2, 0.25) is 0 Å². The molecule has 0 unspecified atom stereocenters. The van der Waals surface area contributed by atoms with Gasteiger partial charge in [-0.1, -0.05) is 90.9 Å². The van der Waals surface area contributed by atoms with Crippen molar-refractivity contribution in [1.29, 1.82) is 0 Å². The molecule has 0 radical (unpaired) electrons. The van der Waals surface area contributed by atoms with E-state index in [1.807, 2.05) is 18.2 Å². The summed E-state index contributed by atoms with van der Waals surface area (Å²) in [5.74, 6) is 2.06. The quantitative estimate of drug-likeness (QED) is 0.245. The first kappa shape index (κ1) is 26.6. The predicted molar refractivity (Wildman–Crippen MR) is 140 cm³/mol. The molecule has 0 N–H and O–H groups in total. The van der Waals surface area contributed by atoms with Crippen LogP contribution in [0.25, 0.3) is 11.3 Å². The second-order valence-electron chi connectivity index (χ2n) is 10.2. The van der Waals surface area contributed by atoms with Crippen LogP contribution in [0.2, 0.25) is 0 Å². The Hall–Kier alpha value is -1.97. The Kier molecular flexibility index (Phi) is 11.8. The molecule has 0 amide bonds. The van der Waals surface area contributed by atoms with Crippen LogP contribution in [0.3, 0.4) is 0 Å². The van der Waals surface area contributed by atoms with Gasteiger partial charge in [0.15, 0.2) is 0 Å². The van der Waals surface area contributed by atoms with Crippen LogP contribution in [0, 0.1) is 17.7 Å². The fourth-order valence-corrected chi connectivity index (χ4v) is 5.17. The lowest BCUT2D eigenvalue weighted by atomic mass is 9.78. The maximum Gasteiger partial charge on any atom is 0.136 e. The minimum Gasteiger partial charge on any atom is -0.493 e. The van der Waals surface area contributed by atoms with E-state index in [9.17, 15) is 4.39 Å². The van der Waals surface area contributed by atoms with Gasteiger partial charge < -0.3 is 4.74 Å². The summed E-state index contributed by atoms with van der Waals surface area (Å²) in [4.78, 5) is 0. The van der Waals surface area contributed by atoms with Gasteiger partial charge >= 0.3 is 0 Å². The maximum absolute atomic E-state index is 14.7. The van der Waals surface area contributed by atoms with Crippen LogP contribution < -0.4 is 4.74 Å². The average Bonchev–Trinajstić information content (AvgIpc) is 2.86. The first-order chi connectivity index (χ1) is 16.7. The molecule has 1 aliphatic rings. The third-order valence-corrected chi connectivity index (χ3v) is 7.44. The van der Waals surface area contributed by atoms with Crippen LogP contribution in [-0.2, 0) is 6.42 Å². The van der Waals surface area contributed by atoms with Gasteiger partial charge in [-0.15, -0.1) is 0 Å². The van der Waals surface area contributed by atoms with Crippen LogP contribution >= 0.6 is 0 Å². The lowest BCUT2D eigenvalue weighted by Crippen LogP contribution is -2.15. The number of halogens is 1. The maximum atomic E-state index is 14.7. The van der Waals surface area contributed by atoms with Gasteiger partial charge in [0, 0.05) is 11.6 Å². The van der Waals surface area contributed by atoms with Gasteiger partial charge in [0.05, 0.1) is 18.0 Å². The Morgan fingerprint density at radius 1 is 0.794 bits per heavy atom. The van der Waals surface area contributed by atoms with E-state index in [4.69, 9.17) is 4.74 Å². The molecule has 3 rings (SSSR count). The first-order valence-corrected chi connectivity index (χ1v) is 13.9. The van der Waals surface area contributed by atoms with E-state index in [1.165, 1.54) is 83.1 Å². The lowest BCUT2D eigenvalue weighted by molar-refractivity contribution is 0.248. The van der Waals surface area contributed by atoms with Crippen LogP contribution in [0.4, 0.5) is 4.39 Å². The molecule has 0 spiro atoms. The van der Waals surface area contributed by atoms with Crippen molar-refractivity contribution in [1.82, 2.24) is 10.2 Å². The second kappa shape index (κ2) is 15.1. The van der Waals surface area contributed by atoms with E-state index in [0.717, 1.165) is 36.8 Å². The lowest BCUT2D eigenvalue weighted by Gasteiger charge is -2.28. The number of unbranched alkanes of at least 4 members (excludes halogenated alkanes) is 6. The van der Waals surface area contributed by atoms with Crippen molar-refractivity contribution in [2.75, 3.05) is 6.61 Å². The van der Waals surface area contributed by atoms with E-state index in [2.05, 4.69) is 24.0 Å². The molecule has 3 nitrogen and oxygen atoms in total. The molecule has 0 atom stereocenters. The summed E-state index contributed by atoms with van der Waals surface area (Å²) in [5.41, 5.74) is 2.08. The molecule has 1 aromatic heterocycles. The number of aromatic nitrogens is 2. The van der Waals surface area contributed by atoms with E-state index >= 15 is 0 Å². The van der Waals surface area contributed by atoms with Crippen molar-refractivity contribution >= 4 is 0 Å². The summed E-state index contributed by atoms with van der Waals surface area (Å²) < 4.78 is 20.4. The molecular weight excluding hydrogens is 423 g/mol. The zero-order chi connectivity index (χ0) is 24.0. The third kappa shape index (κ3) is 9.00. The van der Waals surface area contributed by atoms with Gasteiger partial charge in [-0.25, -0.2) is 4.39 Å². The highest BCUT2D eigenvalue weighted by atomic mass is 19.1. The zero-order valence-corrected chi connectivity index (χ0v) is 21.5. The smallest absolute Gasteiger partial charge is 0.136 e. The van der Waals surface area contributed by atoms with Crippen molar-refractivity contribution < 1.29 is 9.13 Å². The van der Waals surface area contributed by atoms with Gasteiger partial charge in [0.25, 0.3) is 0 Å². The molecule has 1 heterocycles. The minimum atomic E-state index is -0.304. The van der Waals surface area contributed by atoms with Crippen LogP contribution in [0.5, 0.6) is 5.75 Å². The molecule has 1 aliphatic carbocycles. The molecule has 2 aromatic rings. The molecule has 0 saturated heterocycles. The van der Waals surface area contributed by atoms with Crippen LogP contribution in [0.15, 0.2) is 30.3 Å². The van der Waals surface area contributed by atoms with Gasteiger partial charge in [-0.3, -0.25) is 0 Å². The van der Waals surface area contributed by atoms with Crippen molar-refractivity contribution in [3.8, 4) is 17.0 Å². The summed E-state index contributed by atoms with van der Waals surface area (Å²) in [7, 11) is 0. The van der Waals surface area contributed by atoms with E-state index < -0.39 is 0 Å². The van der Waals surface area contributed by atoms with Gasteiger partial charge in [-0.2, -0.15) is 10.2 Å². The molecule has 0 bridgehead atoms. The zero-order valence-electron chi connectivity index (χ0n) is 21.5. The Morgan fingerprint density at radius 3 is 2.18 bits per heavy atom. The summed E-state index contributed by atoms with van der Waals surface area (Å²) in [6.07, 6.45) is 19.1. The molecule has 34 heavy (non-hydrogen) atoms. The number of aryl methyl sites for hydroxylation is 1.